The standard InChI is InChI=1S/C19H20ClFN2O5/c1-10(17(25)22-15-7-6-11(20)8-14(15)21)28-16(24)9-23-18(26)12-4-2-3-5-13(12)19(23)27/h6-8,10,12-13H,2-5,9H2,1H3,(H,22,25). The summed E-state index contributed by atoms with van der Waals surface area (Å²) >= 11 is 5.65. The quantitative estimate of drug-likeness (QED) is 0.594. The molecule has 0 aromatic heterocycles. The van der Waals surface area contributed by atoms with Crippen molar-refractivity contribution in [2.75, 3.05) is 11.9 Å². The van der Waals surface area contributed by atoms with E-state index in [-0.39, 0.29) is 34.4 Å². The Morgan fingerprint density at radius 3 is 2.43 bits per heavy atom. The molecule has 2 aliphatic rings. The molecule has 3 amide bonds. The number of hydrogen-bond acceptors (Lipinski definition) is 5. The van der Waals surface area contributed by atoms with E-state index in [9.17, 15) is 23.6 Å². The molecule has 1 aliphatic heterocycles. The highest BCUT2D eigenvalue weighted by Gasteiger charge is 2.48. The topological polar surface area (TPSA) is 92.8 Å². The summed E-state index contributed by atoms with van der Waals surface area (Å²) in [5.41, 5.74) is -0.105. The van der Waals surface area contributed by atoms with Crippen molar-refractivity contribution in [3.8, 4) is 0 Å². The third kappa shape index (κ3) is 4.16. The molecule has 1 saturated heterocycles. The van der Waals surface area contributed by atoms with Crippen LogP contribution in [0, 0.1) is 17.7 Å². The molecule has 3 rings (SSSR count). The fourth-order valence-electron chi connectivity index (χ4n) is 3.63. The number of nitrogens with zero attached hydrogens (tertiary/aromatic N) is 1. The molecule has 0 spiro atoms. The van der Waals surface area contributed by atoms with Crippen molar-refractivity contribution >= 4 is 41.0 Å². The Balaban J connectivity index is 1.56. The molecular weight excluding hydrogens is 391 g/mol. The first-order valence-corrected chi connectivity index (χ1v) is 9.46. The normalized spacial score (nSPS) is 22.6. The van der Waals surface area contributed by atoms with Gasteiger partial charge in [-0.3, -0.25) is 24.1 Å². The second-order valence-electron chi connectivity index (χ2n) is 7.01. The van der Waals surface area contributed by atoms with Crippen LogP contribution in [-0.4, -0.2) is 41.2 Å². The first-order valence-electron chi connectivity index (χ1n) is 9.08. The van der Waals surface area contributed by atoms with Gasteiger partial charge in [0, 0.05) is 5.02 Å². The Morgan fingerprint density at radius 1 is 1.25 bits per heavy atom. The maximum atomic E-state index is 13.8. The molecule has 1 aromatic rings. The summed E-state index contributed by atoms with van der Waals surface area (Å²) in [5, 5.41) is 2.47. The highest BCUT2D eigenvalue weighted by Crippen LogP contribution is 2.37. The van der Waals surface area contributed by atoms with Gasteiger partial charge < -0.3 is 10.1 Å². The molecule has 1 N–H and O–H groups in total. The van der Waals surface area contributed by atoms with Gasteiger partial charge in [-0.1, -0.05) is 24.4 Å². The molecule has 7 nitrogen and oxygen atoms in total. The summed E-state index contributed by atoms with van der Waals surface area (Å²) in [6.07, 6.45) is 1.82. The number of rotatable bonds is 5. The van der Waals surface area contributed by atoms with Crippen LogP contribution in [0.5, 0.6) is 0 Å². The number of fused-ring (bicyclic) bond motifs is 1. The number of carbonyl (C=O) groups is 4. The highest BCUT2D eigenvalue weighted by atomic mass is 35.5. The summed E-state index contributed by atoms with van der Waals surface area (Å²) in [7, 11) is 0. The molecule has 150 valence electrons. The molecule has 3 atom stereocenters. The van der Waals surface area contributed by atoms with E-state index in [0.29, 0.717) is 12.8 Å². The minimum Gasteiger partial charge on any atom is -0.451 e. The average molecular weight is 411 g/mol. The Labute approximate surface area is 166 Å². The van der Waals surface area contributed by atoms with Crippen molar-refractivity contribution in [2.24, 2.45) is 11.8 Å². The van der Waals surface area contributed by atoms with E-state index in [0.717, 1.165) is 23.8 Å². The first-order chi connectivity index (χ1) is 13.3. The van der Waals surface area contributed by atoms with Crippen LogP contribution in [0.2, 0.25) is 5.02 Å². The molecule has 0 radical (unpaired) electrons. The van der Waals surface area contributed by atoms with Crippen molar-refractivity contribution in [1.29, 1.82) is 0 Å². The minimum absolute atomic E-state index is 0.105. The zero-order valence-corrected chi connectivity index (χ0v) is 16.0. The van der Waals surface area contributed by atoms with Gasteiger partial charge in [-0.05, 0) is 38.0 Å². The van der Waals surface area contributed by atoms with Gasteiger partial charge in [0.15, 0.2) is 6.10 Å². The van der Waals surface area contributed by atoms with Crippen molar-refractivity contribution < 1.29 is 28.3 Å². The molecule has 1 saturated carbocycles. The Hall–Kier alpha value is -2.48. The summed E-state index contributed by atoms with van der Waals surface area (Å²) in [4.78, 5) is 49.9. The van der Waals surface area contributed by atoms with Crippen LogP contribution in [0.25, 0.3) is 0 Å². The lowest BCUT2D eigenvalue weighted by Crippen LogP contribution is -2.39. The van der Waals surface area contributed by atoms with Gasteiger partial charge in [0.1, 0.15) is 12.4 Å². The van der Waals surface area contributed by atoms with Crippen LogP contribution in [0.15, 0.2) is 18.2 Å². The summed E-state index contributed by atoms with van der Waals surface area (Å²) in [6.45, 7) is 0.784. The van der Waals surface area contributed by atoms with Gasteiger partial charge in [0.2, 0.25) is 11.8 Å². The van der Waals surface area contributed by atoms with E-state index in [2.05, 4.69) is 5.32 Å². The number of hydrogen-bond donors (Lipinski definition) is 1. The number of ether oxygens (including phenoxy) is 1. The van der Waals surface area contributed by atoms with Gasteiger partial charge in [-0.2, -0.15) is 0 Å². The number of amides is 3. The molecule has 1 aromatic carbocycles. The summed E-state index contributed by atoms with van der Waals surface area (Å²) in [6, 6.07) is 3.73. The number of likely N-dealkylation sites (tertiary alicyclic amines) is 1. The number of imide groups is 1. The van der Waals surface area contributed by atoms with Crippen molar-refractivity contribution in [3.05, 3.63) is 29.0 Å². The number of carbonyl (C=O) groups excluding carboxylic acids is 4. The first kappa shape index (κ1) is 20.3. The fraction of sp³-hybridized carbons (Fsp3) is 0.474. The highest BCUT2D eigenvalue weighted by molar-refractivity contribution is 6.30. The fourth-order valence-corrected chi connectivity index (χ4v) is 3.79. The smallest absolute Gasteiger partial charge is 0.326 e. The molecule has 1 heterocycles. The predicted molar refractivity (Wildman–Crippen MR) is 97.8 cm³/mol. The van der Waals surface area contributed by atoms with E-state index in [1.807, 2.05) is 0 Å². The molecule has 28 heavy (non-hydrogen) atoms. The number of esters is 1. The van der Waals surface area contributed by atoms with Crippen LogP contribution >= 0.6 is 11.6 Å². The van der Waals surface area contributed by atoms with Crippen molar-refractivity contribution in [2.45, 2.75) is 38.7 Å². The van der Waals surface area contributed by atoms with Crippen LogP contribution in [-0.2, 0) is 23.9 Å². The second-order valence-corrected chi connectivity index (χ2v) is 7.44. The predicted octanol–water partition coefficient (Wildman–Crippen LogP) is 2.52. The van der Waals surface area contributed by atoms with Gasteiger partial charge in [0.05, 0.1) is 17.5 Å². The zero-order valence-electron chi connectivity index (χ0n) is 15.2. The molecule has 0 bridgehead atoms. The summed E-state index contributed by atoms with van der Waals surface area (Å²) in [5.74, 6) is -3.78. The third-order valence-corrected chi connectivity index (χ3v) is 5.32. The van der Waals surface area contributed by atoms with Gasteiger partial charge >= 0.3 is 5.97 Å². The maximum Gasteiger partial charge on any atom is 0.326 e. The van der Waals surface area contributed by atoms with E-state index in [4.69, 9.17) is 16.3 Å². The Kier molecular flexibility index (Phi) is 5.98. The Morgan fingerprint density at radius 2 is 1.86 bits per heavy atom. The number of benzene rings is 1. The Bertz CT molecular complexity index is 807. The summed E-state index contributed by atoms with van der Waals surface area (Å²) < 4.78 is 18.8. The van der Waals surface area contributed by atoms with Gasteiger partial charge in [0.25, 0.3) is 5.91 Å². The van der Waals surface area contributed by atoms with Gasteiger partial charge in [-0.15, -0.1) is 0 Å². The maximum absolute atomic E-state index is 13.8. The van der Waals surface area contributed by atoms with Crippen LogP contribution in [0.4, 0.5) is 10.1 Å². The van der Waals surface area contributed by atoms with E-state index in [1.54, 1.807) is 0 Å². The third-order valence-electron chi connectivity index (χ3n) is 5.09. The van der Waals surface area contributed by atoms with Crippen LogP contribution in [0.1, 0.15) is 32.6 Å². The monoisotopic (exact) mass is 410 g/mol. The van der Waals surface area contributed by atoms with Gasteiger partial charge in [-0.25, -0.2) is 4.39 Å². The van der Waals surface area contributed by atoms with E-state index in [1.165, 1.54) is 19.1 Å². The number of nitrogens with one attached hydrogen (secondary N) is 1. The minimum atomic E-state index is -1.24. The van der Waals surface area contributed by atoms with E-state index >= 15 is 0 Å². The van der Waals surface area contributed by atoms with E-state index < -0.39 is 30.3 Å². The molecular formula is C19H20ClFN2O5. The zero-order chi connectivity index (χ0) is 20.4. The van der Waals surface area contributed by atoms with Crippen LogP contribution < -0.4 is 5.32 Å². The molecule has 9 heteroatoms. The molecule has 3 unspecified atom stereocenters. The number of anilines is 1. The average Bonchev–Trinajstić information content (AvgIpc) is 2.89. The molecule has 2 fully saturated rings. The lowest BCUT2D eigenvalue weighted by Gasteiger charge is -2.19. The van der Waals surface area contributed by atoms with Crippen molar-refractivity contribution in [3.63, 3.8) is 0 Å². The second kappa shape index (κ2) is 8.26. The lowest BCUT2D eigenvalue weighted by atomic mass is 9.81. The van der Waals surface area contributed by atoms with Crippen LogP contribution in [0.3, 0.4) is 0 Å². The number of halogens is 2. The molecule has 1 aliphatic carbocycles. The SMILES string of the molecule is CC(OC(=O)CN1C(=O)C2CCCCC2C1=O)C(=O)Nc1ccc(Cl)cc1F. The largest absolute Gasteiger partial charge is 0.451 e. The van der Waals surface area contributed by atoms with Crippen molar-refractivity contribution in [1.82, 2.24) is 4.90 Å². The lowest BCUT2D eigenvalue weighted by molar-refractivity contribution is -0.158.